The number of anilines is 2. The first kappa shape index (κ1) is 18.4. The lowest BCUT2D eigenvalue weighted by molar-refractivity contribution is 0.276. The third-order valence-electron chi connectivity index (χ3n) is 4.60. The van der Waals surface area contributed by atoms with Crippen LogP contribution in [-0.2, 0) is 13.0 Å². The Morgan fingerprint density at radius 1 is 1.17 bits per heavy atom. The predicted molar refractivity (Wildman–Crippen MR) is 114 cm³/mol. The van der Waals surface area contributed by atoms with Gasteiger partial charge in [0, 0.05) is 30.1 Å². The molecule has 5 aromatic rings. The lowest BCUT2D eigenvalue weighted by atomic mass is 10.2. The fourth-order valence-electron chi connectivity index (χ4n) is 3.27. The Hall–Kier alpha value is -3.63. The maximum absolute atomic E-state index is 9.26. The number of rotatable bonds is 6. The molecule has 0 spiro atoms. The summed E-state index contributed by atoms with van der Waals surface area (Å²) in [6.45, 7) is 1.87. The van der Waals surface area contributed by atoms with Crippen molar-refractivity contribution >= 4 is 28.0 Å². The molecule has 0 aliphatic carbocycles. The molecule has 9 nitrogen and oxygen atoms in total. The highest BCUT2D eigenvalue weighted by molar-refractivity contribution is 7.10. The largest absolute Gasteiger partial charge is 0.390 e. The minimum atomic E-state index is -0.0716. The summed E-state index contributed by atoms with van der Waals surface area (Å²) in [6.07, 6.45) is 7.96. The highest BCUT2D eigenvalue weighted by Gasteiger charge is 2.14. The van der Waals surface area contributed by atoms with Crippen molar-refractivity contribution in [3.63, 3.8) is 0 Å². The number of imidazole rings is 1. The van der Waals surface area contributed by atoms with Gasteiger partial charge in [-0.25, -0.2) is 9.97 Å². The first-order chi connectivity index (χ1) is 14.7. The topological polar surface area (TPSA) is 117 Å². The van der Waals surface area contributed by atoms with Crippen molar-refractivity contribution in [1.82, 2.24) is 33.9 Å². The van der Waals surface area contributed by atoms with Gasteiger partial charge in [-0.05, 0) is 36.7 Å². The van der Waals surface area contributed by atoms with Crippen LogP contribution in [0.5, 0.6) is 0 Å². The first-order valence-electron chi connectivity index (χ1n) is 9.32. The third kappa shape index (κ3) is 3.53. The van der Waals surface area contributed by atoms with Gasteiger partial charge in [0.05, 0.1) is 41.8 Å². The standard InChI is InChI=1S/C20H18N8OS/c1-12-10-28-17(13-7-22-23-8-13)9-21-20(28)19(24-12)26-18-6-16(27-30-18)5-14-3-2-4-15(11-29)25-14/h2-4,6-10,29H,5,11H2,1H3,(H,22,23)(H,24,26). The van der Waals surface area contributed by atoms with Crippen LogP contribution >= 0.6 is 11.5 Å². The van der Waals surface area contributed by atoms with Crippen LogP contribution in [0.15, 0.2) is 49.1 Å². The normalized spacial score (nSPS) is 11.3. The summed E-state index contributed by atoms with van der Waals surface area (Å²) in [4.78, 5) is 13.6. The van der Waals surface area contributed by atoms with Gasteiger partial charge in [-0.1, -0.05) is 6.07 Å². The number of nitrogens with zero attached hydrogens (tertiary/aromatic N) is 6. The second-order valence-electron chi connectivity index (χ2n) is 6.82. The molecule has 0 bridgehead atoms. The van der Waals surface area contributed by atoms with Crippen LogP contribution in [-0.4, -0.2) is 39.0 Å². The Labute approximate surface area is 175 Å². The maximum atomic E-state index is 9.26. The lowest BCUT2D eigenvalue weighted by Gasteiger charge is -2.07. The molecular formula is C20H18N8OS. The molecule has 0 aliphatic rings. The maximum Gasteiger partial charge on any atom is 0.180 e. The van der Waals surface area contributed by atoms with Crippen molar-refractivity contribution in [2.24, 2.45) is 0 Å². The van der Waals surface area contributed by atoms with E-state index >= 15 is 0 Å². The van der Waals surface area contributed by atoms with Gasteiger partial charge in [-0.2, -0.15) is 9.47 Å². The summed E-state index contributed by atoms with van der Waals surface area (Å²) in [7, 11) is 0. The summed E-state index contributed by atoms with van der Waals surface area (Å²) < 4.78 is 6.52. The van der Waals surface area contributed by atoms with Crippen molar-refractivity contribution in [2.45, 2.75) is 20.0 Å². The zero-order chi connectivity index (χ0) is 20.5. The molecule has 0 unspecified atom stereocenters. The molecule has 10 heteroatoms. The lowest BCUT2D eigenvalue weighted by Crippen LogP contribution is -2.00. The Kier molecular flexibility index (Phi) is 4.69. The molecule has 0 radical (unpaired) electrons. The minimum Gasteiger partial charge on any atom is -0.390 e. The molecule has 30 heavy (non-hydrogen) atoms. The van der Waals surface area contributed by atoms with Crippen LogP contribution < -0.4 is 5.32 Å². The molecule has 0 saturated heterocycles. The summed E-state index contributed by atoms with van der Waals surface area (Å²) >= 11 is 1.36. The number of aliphatic hydroxyl groups excluding tert-OH is 1. The van der Waals surface area contributed by atoms with Gasteiger partial charge < -0.3 is 10.4 Å². The van der Waals surface area contributed by atoms with Crippen LogP contribution in [0.25, 0.3) is 16.9 Å². The Bertz CT molecular complexity index is 1310. The highest BCUT2D eigenvalue weighted by atomic mass is 32.1. The number of aromatic nitrogens is 7. The average Bonchev–Trinajstić information content (AvgIpc) is 3.49. The average molecular weight is 418 g/mol. The van der Waals surface area contributed by atoms with E-state index in [0.29, 0.717) is 17.9 Å². The van der Waals surface area contributed by atoms with E-state index in [1.54, 1.807) is 12.3 Å². The molecule has 0 fully saturated rings. The first-order valence-corrected chi connectivity index (χ1v) is 10.1. The molecule has 0 saturated carbocycles. The second-order valence-corrected chi connectivity index (χ2v) is 7.62. The van der Waals surface area contributed by atoms with Crippen molar-refractivity contribution < 1.29 is 5.11 Å². The van der Waals surface area contributed by atoms with E-state index in [0.717, 1.165) is 39.0 Å². The molecular weight excluding hydrogens is 400 g/mol. The smallest absolute Gasteiger partial charge is 0.180 e. The second kappa shape index (κ2) is 7.65. The van der Waals surface area contributed by atoms with Crippen LogP contribution in [0.3, 0.4) is 0 Å². The van der Waals surface area contributed by atoms with Crippen molar-refractivity contribution in [3.8, 4) is 11.3 Å². The van der Waals surface area contributed by atoms with E-state index in [-0.39, 0.29) is 6.61 Å². The molecule has 0 aromatic carbocycles. The molecule has 0 amide bonds. The van der Waals surface area contributed by atoms with E-state index in [9.17, 15) is 5.11 Å². The van der Waals surface area contributed by atoms with E-state index < -0.39 is 0 Å². The van der Waals surface area contributed by atoms with Crippen molar-refractivity contribution in [3.05, 3.63) is 71.8 Å². The monoisotopic (exact) mass is 418 g/mol. The van der Waals surface area contributed by atoms with Gasteiger partial charge in [0.1, 0.15) is 5.00 Å². The summed E-state index contributed by atoms with van der Waals surface area (Å²) in [6, 6.07) is 7.61. The molecule has 0 aliphatic heterocycles. The van der Waals surface area contributed by atoms with E-state index in [2.05, 4.69) is 34.8 Å². The Morgan fingerprint density at radius 3 is 2.90 bits per heavy atom. The molecule has 0 atom stereocenters. The summed E-state index contributed by atoms with van der Waals surface area (Å²) in [5.41, 5.74) is 5.90. The zero-order valence-corrected chi connectivity index (χ0v) is 16.9. The molecule has 5 rings (SSSR count). The number of H-pyrrole nitrogens is 1. The third-order valence-corrected chi connectivity index (χ3v) is 5.34. The quantitative estimate of drug-likeness (QED) is 0.388. The van der Waals surface area contributed by atoms with Gasteiger partial charge in [0.15, 0.2) is 11.5 Å². The van der Waals surface area contributed by atoms with Gasteiger partial charge in [-0.15, -0.1) is 0 Å². The number of fused-ring (bicyclic) bond motifs is 1. The number of hydrogen-bond donors (Lipinski definition) is 3. The van der Waals surface area contributed by atoms with Crippen LogP contribution in [0.4, 0.5) is 10.8 Å². The van der Waals surface area contributed by atoms with E-state index in [1.807, 2.05) is 48.1 Å². The Balaban J connectivity index is 1.42. The SMILES string of the molecule is Cc1cn2c(-c3cn[nH]c3)cnc2c(Nc2cc(Cc3cccc(CO)n3)ns2)n1. The minimum absolute atomic E-state index is 0.0716. The fraction of sp³-hybridized carbons (Fsp3) is 0.150. The molecule has 150 valence electrons. The van der Waals surface area contributed by atoms with Gasteiger partial charge in [0.25, 0.3) is 0 Å². The number of hydrogen-bond acceptors (Lipinski definition) is 8. The highest BCUT2D eigenvalue weighted by Crippen LogP contribution is 2.27. The van der Waals surface area contributed by atoms with Crippen LogP contribution in [0.2, 0.25) is 0 Å². The number of aromatic amines is 1. The van der Waals surface area contributed by atoms with Gasteiger partial charge in [-0.3, -0.25) is 14.5 Å². The predicted octanol–water partition coefficient (Wildman–Crippen LogP) is 3.11. The van der Waals surface area contributed by atoms with Gasteiger partial charge >= 0.3 is 0 Å². The molecule has 5 aromatic heterocycles. The zero-order valence-electron chi connectivity index (χ0n) is 16.1. The van der Waals surface area contributed by atoms with E-state index in [4.69, 9.17) is 0 Å². The number of pyridine rings is 1. The van der Waals surface area contributed by atoms with Crippen molar-refractivity contribution in [1.29, 1.82) is 0 Å². The molecule has 5 heterocycles. The number of aryl methyl sites for hydroxylation is 1. The number of aliphatic hydroxyl groups is 1. The van der Waals surface area contributed by atoms with Gasteiger partial charge in [0.2, 0.25) is 0 Å². The van der Waals surface area contributed by atoms with Crippen LogP contribution in [0, 0.1) is 6.92 Å². The summed E-state index contributed by atoms with van der Waals surface area (Å²) in [5, 5.41) is 20.3. The summed E-state index contributed by atoms with van der Waals surface area (Å²) in [5.74, 6) is 0.667. The number of nitrogens with one attached hydrogen (secondary N) is 2. The van der Waals surface area contributed by atoms with Crippen LogP contribution in [0.1, 0.15) is 22.8 Å². The van der Waals surface area contributed by atoms with E-state index in [1.165, 1.54) is 11.5 Å². The van der Waals surface area contributed by atoms with Crippen molar-refractivity contribution in [2.75, 3.05) is 5.32 Å². The Morgan fingerprint density at radius 2 is 2.07 bits per heavy atom. The fourth-order valence-corrected chi connectivity index (χ4v) is 3.93. The molecule has 3 N–H and O–H groups in total.